The second-order valence-corrected chi connectivity index (χ2v) is 8.57. The number of aliphatic carboxylic acids is 1. The Kier molecular flexibility index (Phi) is 15.7. The maximum atomic E-state index is 12.8. The molecular weight excluding hydrogens is 464 g/mol. The lowest BCUT2D eigenvalue weighted by Gasteiger charge is -2.25. The van der Waals surface area contributed by atoms with Crippen molar-refractivity contribution in [3.05, 3.63) is 0 Å². The van der Waals surface area contributed by atoms with E-state index in [-0.39, 0.29) is 37.0 Å². The molecule has 34 heavy (non-hydrogen) atoms. The van der Waals surface area contributed by atoms with Gasteiger partial charge in [0.15, 0.2) is 5.96 Å². The monoisotopic (exact) mass is 504 g/mol. The van der Waals surface area contributed by atoms with Crippen LogP contribution in [0, 0.1) is 5.92 Å². The van der Waals surface area contributed by atoms with E-state index in [1.807, 2.05) is 0 Å². The fraction of sp³-hybridized carbons (Fsp3) is 0.750. The summed E-state index contributed by atoms with van der Waals surface area (Å²) in [4.78, 5) is 53.2. The van der Waals surface area contributed by atoms with E-state index in [1.54, 1.807) is 13.8 Å². The van der Waals surface area contributed by atoms with E-state index in [1.165, 1.54) is 0 Å². The molecule has 0 radical (unpaired) electrons. The molecule has 196 valence electrons. The van der Waals surface area contributed by atoms with Crippen LogP contribution in [0.4, 0.5) is 0 Å². The topological polar surface area (TPSA) is 241 Å². The van der Waals surface area contributed by atoms with E-state index in [0.29, 0.717) is 25.8 Å². The Labute approximate surface area is 205 Å². The number of hydrogen-bond acceptors (Lipinski definition) is 8. The summed E-state index contributed by atoms with van der Waals surface area (Å²) in [6.45, 7) is 4.15. The number of nitrogens with one attached hydrogen (secondary N) is 3. The molecule has 13 nitrogen and oxygen atoms in total. The number of nitrogens with two attached hydrogens (primary N) is 4. The predicted molar refractivity (Wildman–Crippen MR) is 133 cm³/mol. The minimum Gasteiger partial charge on any atom is -0.480 e. The standard InChI is InChI=1S/C20H40N8O5S/c1-11(2)15(22)18(31)28-14(10-34)17(30)26-12(6-3-4-8-21)16(29)27-13(19(32)33)7-5-9-25-20(23)24/h11-15,34H,3-10,21-22H2,1-2H3,(H,26,30)(H,27,29)(H,28,31)(H,32,33)(H4,23,24,25). The Morgan fingerprint density at radius 1 is 0.882 bits per heavy atom. The number of nitrogens with zero attached hydrogens (tertiary/aromatic N) is 1. The van der Waals surface area contributed by atoms with E-state index in [9.17, 15) is 24.3 Å². The van der Waals surface area contributed by atoms with Crippen LogP contribution in [-0.4, -0.2) is 77.8 Å². The predicted octanol–water partition coefficient (Wildman–Crippen LogP) is -2.38. The minimum atomic E-state index is -1.23. The molecule has 14 heteroatoms. The second-order valence-electron chi connectivity index (χ2n) is 8.21. The van der Waals surface area contributed by atoms with E-state index >= 15 is 0 Å². The summed E-state index contributed by atoms with van der Waals surface area (Å²) in [5.41, 5.74) is 21.8. The number of carbonyl (C=O) groups is 4. The molecule has 0 rings (SSSR count). The normalized spacial score (nSPS) is 14.4. The van der Waals surface area contributed by atoms with Gasteiger partial charge in [0.1, 0.15) is 18.1 Å². The van der Waals surface area contributed by atoms with Crippen molar-refractivity contribution in [3.63, 3.8) is 0 Å². The zero-order valence-electron chi connectivity index (χ0n) is 19.8. The fourth-order valence-electron chi connectivity index (χ4n) is 2.83. The lowest BCUT2D eigenvalue weighted by Crippen LogP contribution is -2.58. The summed E-state index contributed by atoms with van der Waals surface area (Å²) in [6, 6.07) is -4.06. The molecule has 4 unspecified atom stereocenters. The molecule has 0 bridgehead atoms. The Balaban J connectivity index is 5.28. The van der Waals surface area contributed by atoms with Gasteiger partial charge in [0, 0.05) is 12.3 Å². The van der Waals surface area contributed by atoms with Gasteiger partial charge in [0.05, 0.1) is 6.04 Å². The van der Waals surface area contributed by atoms with E-state index in [2.05, 4.69) is 33.6 Å². The van der Waals surface area contributed by atoms with Gasteiger partial charge < -0.3 is 44.0 Å². The third-order valence-corrected chi connectivity index (χ3v) is 5.34. The highest BCUT2D eigenvalue weighted by Gasteiger charge is 2.30. The Hall–Kier alpha value is -2.58. The molecule has 12 N–H and O–H groups in total. The third kappa shape index (κ3) is 12.6. The molecule has 0 aliphatic carbocycles. The zero-order valence-corrected chi connectivity index (χ0v) is 20.7. The molecule has 0 aromatic rings. The number of guanidine groups is 1. The molecule has 0 spiro atoms. The summed E-state index contributed by atoms with van der Waals surface area (Å²) in [6.07, 6.45) is 1.77. The molecule has 0 aromatic heterocycles. The molecule has 0 aliphatic heterocycles. The molecule has 0 saturated carbocycles. The van der Waals surface area contributed by atoms with Crippen molar-refractivity contribution in [2.45, 2.75) is 70.1 Å². The SMILES string of the molecule is CC(C)C(N)C(=O)NC(CS)C(=O)NC(CCCCN)C(=O)NC(CCCN=C(N)N)C(=O)O. The molecule has 3 amide bonds. The van der Waals surface area contributed by atoms with Crippen LogP contribution in [0.1, 0.15) is 46.0 Å². The van der Waals surface area contributed by atoms with Crippen LogP contribution < -0.4 is 38.9 Å². The number of hydrogen-bond donors (Lipinski definition) is 9. The van der Waals surface area contributed by atoms with Crippen LogP contribution in [0.2, 0.25) is 0 Å². The lowest BCUT2D eigenvalue weighted by atomic mass is 10.0. The van der Waals surface area contributed by atoms with Gasteiger partial charge in [0.2, 0.25) is 17.7 Å². The largest absolute Gasteiger partial charge is 0.480 e. The van der Waals surface area contributed by atoms with Crippen molar-refractivity contribution in [2.75, 3.05) is 18.8 Å². The summed E-state index contributed by atoms with van der Waals surface area (Å²) in [5.74, 6) is -3.32. The number of carbonyl (C=O) groups excluding carboxylic acids is 3. The van der Waals surface area contributed by atoms with Gasteiger partial charge in [-0.25, -0.2) is 4.79 Å². The molecule has 0 aliphatic rings. The van der Waals surface area contributed by atoms with Crippen molar-refractivity contribution in [2.24, 2.45) is 33.8 Å². The van der Waals surface area contributed by atoms with Gasteiger partial charge >= 0.3 is 5.97 Å². The van der Waals surface area contributed by atoms with Crippen molar-refractivity contribution >= 4 is 42.3 Å². The van der Waals surface area contributed by atoms with Crippen LogP contribution in [0.5, 0.6) is 0 Å². The Morgan fingerprint density at radius 2 is 1.41 bits per heavy atom. The first kappa shape index (κ1) is 31.4. The van der Waals surface area contributed by atoms with E-state index in [4.69, 9.17) is 22.9 Å². The molecular formula is C20H40N8O5S. The number of rotatable bonds is 17. The molecule has 4 atom stereocenters. The van der Waals surface area contributed by atoms with Crippen LogP contribution in [0.3, 0.4) is 0 Å². The highest BCUT2D eigenvalue weighted by atomic mass is 32.1. The van der Waals surface area contributed by atoms with Crippen LogP contribution >= 0.6 is 12.6 Å². The lowest BCUT2D eigenvalue weighted by molar-refractivity contribution is -0.142. The first-order valence-corrected chi connectivity index (χ1v) is 11.8. The smallest absolute Gasteiger partial charge is 0.326 e. The highest BCUT2D eigenvalue weighted by molar-refractivity contribution is 7.80. The van der Waals surface area contributed by atoms with E-state index < -0.39 is 47.9 Å². The molecule has 0 aromatic carbocycles. The Morgan fingerprint density at radius 3 is 1.91 bits per heavy atom. The number of aliphatic imine (C=N–C) groups is 1. The van der Waals surface area contributed by atoms with Crippen molar-refractivity contribution in [3.8, 4) is 0 Å². The average Bonchev–Trinajstić information content (AvgIpc) is 2.77. The van der Waals surface area contributed by atoms with Gasteiger partial charge in [0.25, 0.3) is 0 Å². The van der Waals surface area contributed by atoms with Gasteiger partial charge in [-0.1, -0.05) is 13.8 Å². The Bertz CT molecular complexity index is 702. The zero-order chi connectivity index (χ0) is 26.3. The molecule has 0 fully saturated rings. The molecule has 0 saturated heterocycles. The van der Waals surface area contributed by atoms with Crippen LogP contribution in [0.15, 0.2) is 4.99 Å². The summed E-state index contributed by atoms with van der Waals surface area (Å²) < 4.78 is 0. The van der Waals surface area contributed by atoms with Gasteiger partial charge in [-0.2, -0.15) is 12.6 Å². The first-order valence-electron chi connectivity index (χ1n) is 11.2. The van der Waals surface area contributed by atoms with Crippen LogP contribution in [-0.2, 0) is 19.2 Å². The average molecular weight is 505 g/mol. The van der Waals surface area contributed by atoms with Crippen molar-refractivity contribution in [1.82, 2.24) is 16.0 Å². The first-order chi connectivity index (χ1) is 15.9. The summed E-state index contributed by atoms with van der Waals surface area (Å²) >= 11 is 4.11. The molecule has 0 heterocycles. The second kappa shape index (κ2) is 16.9. The number of thiol groups is 1. The highest BCUT2D eigenvalue weighted by Crippen LogP contribution is 2.06. The quantitative estimate of drug-likeness (QED) is 0.0444. The van der Waals surface area contributed by atoms with Crippen molar-refractivity contribution in [1.29, 1.82) is 0 Å². The number of carboxylic acids is 1. The van der Waals surface area contributed by atoms with Gasteiger partial charge in [-0.3, -0.25) is 19.4 Å². The van der Waals surface area contributed by atoms with Crippen LogP contribution in [0.25, 0.3) is 0 Å². The summed E-state index contributed by atoms with van der Waals surface area (Å²) in [5, 5.41) is 17.0. The van der Waals surface area contributed by atoms with Crippen molar-refractivity contribution < 1.29 is 24.3 Å². The van der Waals surface area contributed by atoms with Gasteiger partial charge in [-0.15, -0.1) is 0 Å². The minimum absolute atomic E-state index is 0.0257. The summed E-state index contributed by atoms with van der Waals surface area (Å²) in [7, 11) is 0. The van der Waals surface area contributed by atoms with Gasteiger partial charge in [-0.05, 0) is 44.6 Å². The van der Waals surface area contributed by atoms with E-state index in [0.717, 1.165) is 0 Å². The number of carboxylic acid groups (broad SMARTS) is 1. The maximum absolute atomic E-state index is 12.8. The maximum Gasteiger partial charge on any atom is 0.326 e. The number of unbranched alkanes of at least 4 members (excludes halogenated alkanes) is 1. The third-order valence-electron chi connectivity index (χ3n) is 4.98. The number of amides is 3. The fourth-order valence-corrected chi connectivity index (χ4v) is 3.09.